The lowest BCUT2D eigenvalue weighted by atomic mass is 10.2. The van der Waals surface area contributed by atoms with Gasteiger partial charge < -0.3 is 20.1 Å². The second-order valence-corrected chi connectivity index (χ2v) is 8.52. The van der Waals surface area contributed by atoms with E-state index in [4.69, 9.17) is 0 Å². The van der Waals surface area contributed by atoms with Crippen molar-refractivity contribution in [3.63, 3.8) is 0 Å². The molecule has 0 bridgehead atoms. The van der Waals surface area contributed by atoms with E-state index >= 15 is 0 Å². The first-order valence-electron chi connectivity index (χ1n) is 11.2. The molecule has 0 aromatic carbocycles. The predicted octanol–water partition coefficient (Wildman–Crippen LogP) is 1.08. The summed E-state index contributed by atoms with van der Waals surface area (Å²) in [7, 11) is 0. The highest BCUT2D eigenvalue weighted by Crippen LogP contribution is 2.24. The number of anilines is 2. The maximum absolute atomic E-state index is 13.3. The monoisotopic (exact) mass is 505 g/mol. The summed E-state index contributed by atoms with van der Waals surface area (Å²) in [5.74, 6) is -1.96. The van der Waals surface area contributed by atoms with Gasteiger partial charge in [0.15, 0.2) is 11.5 Å². The predicted molar refractivity (Wildman–Crippen MR) is 127 cm³/mol. The van der Waals surface area contributed by atoms with Gasteiger partial charge >= 0.3 is 0 Å². The molecule has 4 aromatic rings. The number of carbonyl (C=O) groups is 3. The molecule has 1 aliphatic rings. The van der Waals surface area contributed by atoms with Crippen LogP contribution in [0.25, 0.3) is 5.65 Å². The zero-order valence-electron chi connectivity index (χ0n) is 19.7. The third-order valence-electron chi connectivity index (χ3n) is 5.73. The maximum atomic E-state index is 13.3. The Balaban J connectivity index is 1.57. The lowest BCUT2D eigenvalue weighted by Crippen LogP contribution is -2.32. The summed E-state index contributed by atoms with van der Waals surface area (Å²) < 4.78 is 15.5. The minimum absolute atomic E-state index is 0.0305. The van der Waals surface area contributed by atoms with Gasteiger partial charge in [-0.2, -0.15) is 14.7 Å². The van der Waals surface area contributed by atoms with Crippen LogP contribution in [0.4, 0.5) is 16.0 Å². The Bertz CT molecular complexity index is 1600. The van der Waals surface area contributed by atoms with E-state index in [-0.39, 0.29) is 46.8 Å². The molecule has 188 valence electrons. The fourth-order valence-electron chi connectivity index (χ4n) is 4.00. The van der Waals surface area contributed by atoms with Crippen molar-refractivity contribution < 1.29 is 18.8 Å². The lowest BCUT2D eigenvalue weighted by molar-refractivity contribution is -0.116. The number of amides is 3. The van der Waals surface area contributed by atoms with E-state index in [9.17, 15) is 23.6 Å². The number of nitrogens with zero attached hydrogens (tertiary/aromatic N) is 7. The average molecular weight is 505 g/mol. The molecule has 1 aliphatic heterocycles. The molecule has 13 nitrogen and oxygen atoms in total. The number of halogens is 1. The number of nitrogens with one attached hydrogen (secondary N) is 2. The van der Waals surface area contributed by atoms with Crippen LogP contribution >= 0.6 is 0 Å². The molecular weight excluding hydrogens is 485 g/mol. The third kappa shape index (κ3) is 4.39. The van der Waals surface area contributed by atoms with Crippen molar-refractivity contribution in [2.45, 2.75) is 33.0 Å². The second-order valence-electron chi connectivity index (χ2n) is 8.52. The summed E-state index contributed by atoms with van der Waals surface area (Å²) in [6.45, 7) is 3.25. The molecule has 4 aromatic heterocycles. The topological polar surface area (TPSA) is 156 Å². The zero-order valence-corrected chi connectivity index (χ0v) is 19.7. The molecule has 5 heterocycles. The van der Waals surface area contributed by atoms with Crippen LogP contribution in [0, 0.1) is 5.82 Å². The van der Waals surface area contributed by atoms with Crippen LogP contribution in [-0.2, 0) is 17.9 Å². The van der Waals surface area contributed by atoms with Crippen LogP contribution in [0.15, 0.2) is 47.5 Å². The van der Waals surface area contributed by atoms with Gasteiger partial charge in [-0.3, -0.25) is 19.2 Å². The summed E-state index contributed by atoms with van der Waals surface area (Å²) >= 11 is 0. The molecule has 0 aliphatic carbocycles. The molecule has 0 radical (unpaired) electrons. The summed E-state index contributed by atoms with van der Waals surface area (Å²) in [4.78, 5) is 57.6. The normalized spacial score (nSPS) is 12.8. The Kier molecular flexibility index (Phi) is 5.91. The van der Waals surface area contributed by atoms with Crippen molar-refractivity contribution in [2.24, 2.45) is 0 Å². The number of pyridine rings is 1. The standard InChI is InChI=1S/C23H20FN9O4/c1-12(2)31-10-14-20(23(31)37)32(11-18(34)27-16-6-5-13(24)9-25-16)19-8-15(30-33(19)22(14)36)21(35)28-17-4-3-7-26-29-17/h3-9,12H,10-11H2,1-2H3,(H,25,27,34)(H,28,29,35). The van der Waals surface area contributed by atoms with Crippen LogP contribution in [-0.4, -0.2) is 58.0 Å². The van der Waals surface area contributed by atoms with Gasteiger partial charge in [0.1, 0.15) is 29.5 Å². The maximum Gasteiger partial charge on any atom is 0.280 e. The highest BCUT2D eigenvalue weighted by atomic mass is 19.1. The van der Waals surface area contributed by atoms with E-state index < -0.39 is 35.6 Å². The molecular formula is C23H20FN9O4. The molecule has 0 unspecified atom stereocenters. The summed E-state index contributed by atoms with van der Waals surface area (Å²) in [5, 5.41) is 16.7. The van der Waals surface area contributed by atoms with Crippen LogP contribution in [0.3, 0.4) is 0 Å². The van der Waals surface area contributed by atoms with Crippen molar-refractivity contribution in [3.8, 4) is 0 Å². The van der Waals surface area contributed by atoms with Crippen LogP contribution in [0.1, 0.15) is 40.4 Å². The third-order valence-corrected chi connectivity index (χ3v) is 5.73. The van der Waals surface area contributed by atoms with E-state index in [2.05, 4.69) is 30.9 Å². The molecule has 0 spiro atoms. The van der Waals surface area contributed by atoms with Gasteiger partial charge in [0.05, 0.1) is 18.3 Å². The fourth-order valence-corrected chi connectivity index (χ4v) is 4.00. The van der Waals surface area contributed by atoms with Crippen LogP contribution in [0.2, 0.25) is 0 Å². The quantitative estimate of drug-likeness (QED) is 0.394. The molecule has 0 atom stereocenters. The number of aromatic nitrogens is 6. The summed E-state index contributed by atoms with van der Waals surface area (Å²) in [6.07, 6.45) is 2.40. The largest absolute Gasteiger partial charge is 0.330 e. The van der Waals surface area contributed by atoms with Gasteiger partial charge in [0, 0.05) is 18.3 Å². The first-order valence-corrected chi connectivity index (χ1v) is 11.2. The van der Waals surface area contributed by atoms with Crippen molar-refractivity contribution in [1.29, 1.82) is 0 Å². The fraction of sp³-hybridized carbons (Fsp3) is 0.217. The molecule has 3 amide bonds. The molecule has 5 rings (SSSR count). The SMILES string of the molecule is CC(C)N1Cc2c(n(CC(=O)Nc3ccc(F)cn3)c3cc(C(=O)Nc4cccnn4)nn3c2=O)C1=O. The van der Waals surface area contributed by atoms with Gasteiger partial charge in [-0.1, -0.05) is 0 Å². The van der Waals surface area contributed by atoms with E-state index in [1.54, 1.807) is 6.07 Å². The molecule has 37 heavy (non-hydrogen) atoms. The highest BCUT2D eigenvalue weighted by molar-refractivity contribution is 6.03. The van der Waals surface area contributed by atoms with E-state index in [0.717, 1.165) is 16.8 Å². The minimum Gasteiger partial charge on any atom is -0.330 e. The van der Waals surface area contributed by atoms with Gasteiger partial charge in [-0.25, -0.2) is 9.37 Å². The van der Waals surface area contributed by atoms with Crippen molar-refractivity contribution >= 4 is 35.0 Å². The van der Waals surface area contributed by atoms with E-state index in [1.165, 1.54) is 33.9 Å². The molecule has 14 heteroatoms. The number of rotatable bonds is 6. The first-order chi connectivity index (χ1) is 17.7. The van der Waals surface area contributed by atoms with Gasteiger partial charge in [-0.15, -0.1) is 5.10 Å². The van der Waals surface area contributed by atoms with Crippen molar-refractivity contribution in [3.05, 3.63) is 75.8 Å². The number of carbonyl (C=O) groups excluding carboxylic acids is 3. The van der Waals surface area contributed by atoms with Crippen LogP contribution in [0.5, 0.6) is 0 Å². The highest BCUT2D eigenvalue weighted by Gasteiger charge is 2.36. The number of hydrogen-bond acceptors (Lipinski definition) is 8. The van der Waals surface area contributed by atoms with Gasteiger partial charge in [-0.05, 0) is 38.1 Å². The smallest absolute Gasteiger partial charge is 0.280 e. The zero-order chi connectivity index (χ0) is 26.3. The first kappa shape index (κ1) is 23.7. The Labute approximate surface area is 207 Å². The number of hydrogen-bond donors (Lipinski definition) is 2. The van der Waals surface area contributed by atoms with E-state index in [0.29, 0.717) is 0 Å². The molecule has 0 fully saturated rings. The molecule has 0 saturated heterocycles. The summed E-state index contributed by atoms with van der Waals surface area (Å²) in [5.41, 5.74) is -0.447. The van der Waals surface area contributed by atoms with Gasteiger partial charge in [0.2, 0.25) is 5.91 Å². The molecule has 0 saturated carbocycles. The second kappa shape index (κ2) is 9.22. The number of fused-ring (bicyclic) bond motifs is 2. The Morgan fingerprint density at radius 2 is 1.95 bits per heavy atom. The Morgan fingerprint density at radius 3 is 2.62 bits per heavy atom. The van der Waals surface area contributed by atoms with Crippen molar-refractivity contribution in [1.82, 2.24) is 34.3 Å². The minimum atomic E-state index is -0.662. The Hall–Kier alpha value is -5.01. The summed E-state index contributed by atoms with van der Waals surface area (Å²) in [6, 6.07) is 6.65. The Morgan fingerprint density at radius 1 is 1.14 bits per heavy atom. The van der Waals surface area contributed by atoms with Crippen LogP contribution < -0.4 is 16.2 Å². The van der Waals surface area contributed by atoms with Crippen molar-refractivity contribution in [2.75, 3.05) is 10.6 Å². The average Bonchev–Trinajstić information content (AvgIpc) is 3.47. The lowest BCUT2D eigenvalue weighted by Gasteiger charge is -2.20. The van der Waals surface area contributed by atoms with Gasteiger partial charge in [0.25, 0.3) is 17.4 Å². The molecule has 2 N–H and O–H groups in total. The van der Waals surface area contributed by atoms with E-state index in [1.807, 2.05) is 13.8 Å².